The number of hydrogen-bond donors (Lipinski definition) is 2. The molecule has 0 fully saturated rings. The molecule has 0 aliphatic rings. The van der Waals surface area contributed by atoms with Gasteiger partial charge in [0, 0.05) is 23.3 Å². The zero-order valence-corrected chi connectivity index (χ0v) is 26.4. The Bertz CT molecular complexity index is 1640. The van der Waals surface area contributed by atoms with Crippen LogP contribution < -0.4 is 9.46 Å². The molecule has 0 aliphatic heterocycles. The molecule has 1 atom stereocenters. The lowest BCUT2D eigenvalue weighted by molar-refractivity contribution is 0.0697. The molecule has 0 bridgehead atoms. The Morgan fingerprint density at radius 3 is 2.23 bits per heavy atom. The minimum Gasteiger partial charge on any atom is -0.478 e. The van der Waals surface area contributed by atoms with Crippen LogP contribution in [0.15, 0.2) is 72.9 Å². The number of carbonyl (C=O) groups is 1. The molecule has 11 heteroatoms. The molecule has 0 unspecified atom stereocenters. The number of imidazole rings is 1. The van der Waals surface area contributed by atoms with Crippen LogP contribution in [0, 0.1) is 0 Å². The van der Waals surface area contributed by atoms with Crippen molar-refractivity contribution >= 4 is 39.2 Å². The summed E-state index contributed by atoms with van der Waals surface area (Å²) in [7, 11) is -3.59. The second-order valence-electron chi connectivity index (χ2n) is 10.3. The van der Waals surface area contributed by atoms with E-state index in [1.165, 1.54) is 12.1 Å². The molecule has 0 radical (unpaired) electrons. The summed E-state index contributed by atoms with van der Waals surface area (Å²) in [6.45, 7) is 4.73. The van der Waals surface area contributed by atoms with E-state index in [0.29, 0.717) is 58.0 Å². The highest BCUT2D eigenvalue weighted by molar-refractivity contribution is 7.89. The first kappa shape index (κ1) is 32.5. The van der Waals surface area contributed by atoms with Crippen LogP contribution in [0.5, 0.6) is 11.5 Å². The molecule has 1 heterocycles. The lowest BCUT2D eigenvalue weighted by Gasteiger charge is -2.20. The average Bonchev–Trinajstić information content (AvgIpc) is 3.39. The van der Waals surface area contributed by atoms with Crippen molar-refractivity contribution in [3.8, 4) is 22.8 Å². The van der Waals surface area contributed by atoms with Crippen molar-refractivity contribution in [2.24, 2.45) is 0 Å². The summed E-state index contributed by atoms with van der Waals surface area (Å²) in [5, 5.41) is 10.1. The summed E-state index contributed by atoms with van der Waals surface area (Å²) in [6, 6.07) is 18.1. The first-order chi connectivity index (χ1) is 20.6. The van der Waals surface area contributed by atoms with E-state index in [1.807, 2.05) is 35.9 Å². The van der Waals surface area contributed by atoms with Crippen LogP contribution in [0.3, 0.4) is 0 Å². The summed E-state index contributed by atoms with van der Waals surface area (Å²) >= 11 is 12.6. The summed E-state index contributed by atoms with van der Waals surface area (Å²) in [6.07, 6.45) is 5.44. The van der Waals surface area contributed by atoms with Crippen molar-refractivity contribution in [3.05, 3.63) is 99.9 Å². The summed E-state index contributed by atoms with van der Waals surface area (Å²) < 4.78 is 37.1. The van der Waals surface area contributed by atoms with Crippen molar-refractivity contribution in [2.45, 2.75) is 58.5 Å². The van der Waals surface area contributed by atoms with E-state index in [-0.39, 0.29) is 11.3 Å². The van der Waals surface area contributed by atoms with E-state index in [1.54, 1.807) is 36.4 Å². The molecule has 0 aliphatic carbocycles. The van der Waals surface area contributed by atoms with Crippen molar-refractivity contribution in [2.75, 3.05) is 5.75 Å². The summed E-state index contributed by atoms with van der Waals surface area (Å²) in [5.74, 6) is 0.698. The molecule has 228 valence electrons. The number of carboxylic acids is 1. The fraction of sp³-hybridized carbons (Fsp3) is 0.312. The van der Waals surface area contributed by atoms with Gasteiger partial charge in [-0.15, -0.1) is 0 Å². The molecule has 0 saturated heterocycles. The number of rotatable bonds is 15. The molecule has 0 spiro atoms. The van der Waals surface area contributed by atoms with Crippen LogP contribution in [0.4, 0.5) is 0 Å². The second kappa shape index (κ2) is 14.9. The fourth-order valence-corrected chi connectivity index (χ4v) is 6.48. The third-order valence-corrected chi connectivity index (χ3v) is 8.88. The molecular weight excluding hydrogens is 609 g/mol. The number of halogens is 2. The highest BCUT2D eigenvalue weighted by Gasteiger charge is 2.25. The maximum Gasteiger partial charge on any atom is 0.335 e. The van der Waals surface area contributed by atoms with Crippen LogP contribution in [0.25, 0.3) is 11.3 Å². The van der Waals surface area contributed by atoms with Crippen molar-refractivity contribution in [1.29, 1.82) is 0 Å². The largest absolute Gasteiger partial charge is 0.478 e. The van der Waals surface area contributed by atoms with Crippen LogP contribution in [0.2, 0.25) is 10.0 Å². The Morgan fingerprint density at radius 2 is 1.63 bits per heavy atom. The van der Waals surface area contributed by atoms with Gasteiger partial charge in [0.2, 0.25) is 10.0 Å². The zero-order chi connectivity index (χ0) is 31.0. The Morgan fingerprint density at radius 1 is 0.977 bits per heavy atom. The number of nitrogens with zero attached hydrogens (tertiary/aromatic N) is 2. The van der Waals surface area contributed by atoms with Gasteiger partial charge in [-0.25, -0.2) is 22.9 Å². The van der Waals surface area contributed by atoms with Crippen LogP contribution >= 0.6 is 23.2 Å². The van der Waals surface area contributed by atoms with E-state index < -0.39 is 22.0 Å². The van der Waals surface area contributed by atoms with Gasteiger partial charge in [-0.1, -0.05) is 62.0 Å². The van der Waals surface area contributed by atoms with E-state index in [2.05, 4.69) is 11.6 Å². The third-order valence-electron chi connectivity index (χ3n) is 6.87. The highest BCUT2D eigenvalue weighted by Crippen LogP contribution is 2.32. The van der Waals surface area contributed by atoms with Gasteiger partial charge < -0.3 is 14.4 Å². The molecule has 4 aromatic rings. The molecule has 2 N–H and O–H groups in total. The number of nitrogens with one attached hydrogen (secondary N) is 1. The molecule has 0 saturated carbocycles. The summed E-state index contributed by atoms with van der Waals surface area (Å²) in [4.78, 5) is 16.0. The van der Waals surface area contributed by atoms with Crippen LogP contribution in [-0.4, -0.2) is 34.8 Å². The second-order valence-corrected chi connectivity index (χ2v) is 13.0. The lowest BCUT2D eigenvalue weighted by atomic mass is 10.1. The van der Waals surface area contributed by atoms with Gasteiger partial charge >= 0.3 is 5.97 Å². The van der Waals surface area contributed by atoms with Gasteiger partial charge in [-0.2, -0.15) is 0 Å². The van der Waals surface area contributed by atoms with E-state index >= 15 is 0 Å². The molecule has 0 amide bonds. The van der Waals surface area contributed by atoms with E-state index in [4.69, 9.17) is 38.0 Å². The first-order valence-corrected chi connectivity index (χ1v) is 16.6. The minimum absolute atomic E-state index is 0.0268. The SMILES string of the molecule is CCCCn1cc(-c2ccc(Cl)cc2Cl)nc1[C@H](Cc1ccc(Oc2ccc(C(=O)O)cc2)cc1)NS(=O)(=O)CCCC. The number of unbranched alkanes of at least 4 members (excludes halogenated alkanes) is 2. The number of aromatic carboxylic acids is 1. The Balaban J connectivity index is 1.65. The fourth-order valence-electron chi connectivity index (χ4n) is 4.57. The van der Waals surface area contributed by atoms with Crippen molar-refractivity contribution in [1.82, 2.24) is 14.3 Å². The quantitative estimate of drug-likeness (QED) is 0.135. The Labute approximate surface area is 262 Å². The average molecular weight is 645 g/mol. The number of sulfonamides is 1. The van der Waals surface area contributed by atoms with Gasteiger partial charge in [0.15, 0.2) is 0 Å². The van der Waals surface area contributed by atoms with E-state index in [9.17, 15) is 13.2 Å². The van der Waals surface area contributed by atoms with Gasteiger partial charge in [-0.05, 0) is 79.4 Å². The lowest BCUT2D eigenvalue weighted by Crippen LogP contribution is -2.33. The normalized spacial score (nSPS) is 12.3. The number of ether oxygens (including phenoxy) is 1. The van der Waals surface area contributed by atoms with Gasteiger partial charge in [0.05, 0.1) is 28.1 Å². The standard InChI is InChI=1S/C32H35Cl2N3O5S/c1-3-5-17-37-21-30(27-16-11-24(33)20-28(27)34)35-31(37)29(36-43(40,41)18-6-4-2)19-22-7-12-25(13-8-22)42-26-14-9-23(10-15-26)32(38)39/h7-16,20-21,29,36H,3-6,17-19H2,1-2H3,(H,38,39)/t29-/m0/s1. The van der Waals surface area contributed by atoms with Gasteiger partial charge in [0.1, 0.15) is 17.3 Å². The maximum absolute atomic E-state index is 13.1. The van der Waals surface area contributed by atoms with Crippen LogP contribution in [0.1, 0.15) is 67.3 Å². The van der Waals surface area contributed by atoms with Crippen molar-refractivity contribution < 1.29 is 23.1 Å². The van der Waals surface area contributed by atoms with Gasteiger partial charge in [0.25, 0.3) is 0 Å². The zero-order valence-electron chi connectivity index (χ0n) is 24.1. The number of hydrogen-bond acceptors (Lipinski definition) is 5. The molecule has 43 heavy (non-hydrogen) atoms. The monoisotopic (exact) mass is 643 g/mol. The molecular formula is C32H35Cl2N3O5S. The number of carboxylic acid groups (broad SMARTS) is 1. The molecule has 4 rings (SSSR count). The number of aryl methyl sites for hydroxylation is 1. The third kappa shape index (κ3) is 9.06. The predicted molar refractivity (Wildman–Crippen MR) is 171 cm³/mol. The predicted octanol–water partition coefficient (Wildman–Crippen LogP) is 8.15. The first-order valence-electron chi connectivity index (χ1n) is 14.2. The number of aromatic nitrogens is 2. The van der Waals surface area contributed by atoms with Crippen LogP contribution in [-0.2, 0) is 23.0 Å². The number of benzene rings is 3. The minimum atomic E-state index is -3.59. The molecule has 1 aromatic heterocycles. The smallest absolute Gasteiger partial charge is 0.335 e. The van der Waals surface area contributed by atoms with Gasteiger partial charge in [-0.3, -0.25) is 0 Å². The Hall–Kier alpha value is -3.37. The Kier molecular flexibility index (Phi) is 11.3. The highest BCUT2D eigenvalue weighted by atomic mass is 35.5. The molecule has 8 nitrogen and oxygen atoms in total. The van der Waals surface area contributed by atoms with Crippen molar-refractivity contribution in [3.63, 3.8) is 0 Å². The van der Waals surface area contributed by atoms with E-state index in [0.717, 1.165) is 24.8 Å². The summed E-state index contributed by atoms with van der Waals surface area (Å²) in [5.41, 5.74) is 2.41. The maximum atomic E-state index is 13.1. The topological polar surface area (TPSA) is 111 Å². The molecule has 3 aromatic carbocycles.